The van der Waals surface area contributed by atoms with Gasteiger partial charge in [-0.1, -0.05) is 26.0 Å². The quantitative estimate of drug-likeness (QED) is 0.401. The molecule has 192 valence electrons. The Labute approximate surface area is 211 Å². The van der Waals surface area contributed by atoms with E-state index in [1.54, 1.807) is 36.1 Å². The summed E-state index contributed by atoms with van der Waals surface area (Å²) in [5, 5.41) is 0. The molecule has 1 atom stereocenters. The number of hydrogen-bond donors (Lipinski definition) is 1. The maximum atomic E-state index is 12.6. The van der Waals surface area contributed by atoms with Crippen LogP contribution in [0.15, 0.2) is 59.5 Å². The van der Waals surface area contributed by atoms with Crippen LogP contribution in [0.4, 0.5) is 0 Å². The summed E-state index contributed by atoms with van der Waals surface area (Å²) in [6, 6.07) is 14.3. The molecule has 0 radical (unpaired) electrons. The number of benzene rings is 2. The zero-order chi connectivity index (χ0) is 26.1. The van der Waals surface area contributed by atoms with E-state index in [2.05, 4.69) is 13.0 Å². The molecule has 2 rings (SSSR count). The predicted molar refractivity (Wildman–Crippen MR) is 143 cm³/mol. The van der Waals surface area contributed by atoms with Crippen LogP contribution in [-0.4, -0.2) is 50.2 Å². The summed E-state index contributed by atoms with van der Waals surface area (Å²) >= 11 is 0. The first-order chi connectivity index (χ1) is 16.6. The van der Waals surface area contributed by atoms with Gasteiger partial charge in [0.2, 0.25) is 0 Å². The van der Waals surface area contributed by atoms with Gasteiger partial charge in [0.15, 0.2) is 9.84 Å². The van der Waals surface area contributed by atoms with Crippen molar-refractivity contribution in [3.63, 3.8) is 0 Å². The Morgan fingerprint density at radius 2 is 1.54 bits per heavy atom. The third-order valence-electron chi connectivity index (χ3n) is 6.40. The number of carbonyl (C=O) groups is 1. The number of nitrogens with two attached hydrogens (primary N) is 1. The van der Waals surface area contributed by atoms with Gasteiger partial charge in [0.1, 0.15) is 11.4 Å². The summed E-state index contributed by atoms with van der Waals surface area (Å²) in [7, 11) is -3.26. The number of sulfone groups is 1. The van der Waals surface area contributed by atoms with Gasteiger partial charge in [-0.25, -0.2) is 8.42 Å². The van der Waals surface area contributed by atoms with Crippen LogP contribution < -0.4 is 10.5 Å². The summed E-state index contributed by atoms with van der Waals surface area (Å²) in [5.74, 6) is 0.707. The van der Waals surface area contributed by atoms with Crippen LogP contribution in [0.2, 0.25) is 0 Å². The minimum absolute atomic E-state index is 0.0332. The molecule has 35 heavy (non-hydrogen) atoms. The van der Waals surface area contributed by atoms with Gasteiger partial charge in [-0.15, -0.1) is 0 Å². The molecule has 0 saturated carbocycles. The molecule has 0 bridgehead atoms. The van der Waals surface area contributed by atoms with E-state index in [0.717, 1.165) is 30.4 Å². The fourth-order valence-corrected chi connectivity index (χ4v) is 4.95. The van der Waals surface area contributed by atoms with Crippen molar-refractivity contribution in [1.82, 2.24) is 4.90 Å². The van der Waals surface area contributed by atoms with E-state index in [-0.39, 0.29) is 11.7 Å². The molecule has 0 aliphatic carbocycles. The maximum absolute atomic E-state index is 12.6. The predicted octanol–water partition coefficient (Wildman–Crippen LogP) is 5.33. The average Bonchev–Trinajstić information content (AvgIpc) is 2.88. The normalized spacial score (nSPS) is 13.8. The summed E-state index contributed by atoms with van der Waals surface area (Å²) in [6.07, 6.45) is 4.36. The Hall–Kier alpha value is -2.64. The molecular weight excluding hydrogens is 460 g/mol. The Kier molecular flexibility index (Phi) is 10.5. The highest BCUT2D eigenvalue weighted by molar-refractivity contribution is 7.91. The van der Waals surface area contributed by atoms with Gasteiger partial charge in [0.05, 0.1) is 10.6 Å². The number of rotatable bonds is 13. The second-order valence-corrected chi connectivity index (χ2v) is 10.9. The summed E-state index contributed by atoms with van der Waals surface area (Å²) in [4.78, 5) is 14.7. The summed E-state index contributed by atoms with van der Waals surface area (Å²) in [5.41, 5.74) is 7.96. The van der Waals surface area contributed by atoms with Crippen LogP contribution in [0.25, 0.3) is 5.57 Å². The number of amides is 1. The molecule has 0 aromatic heterocycles. The van der Waals surface area contributed by atoms with Gasteiger partial charge in [-0.2, -0.15) is 0 Å². The lowest BCUT2D eigenvalue weighted by Gasteiger charge is -2.32. The maximum Gasteiger partial charge on any atom is 0.253 e. The minimum Gasteiger partial charge on any atom is -0.483 e. The smallest absolute Gasteiger partial charge is 0.253 e. The molecule has 2 aromatic rings. The number of allylic oxidation sites excluding steroid dienone is 1. The lowest BCUT2D eigenvalue weighted by Crippen LogP contribution is -2.34. The van der Waals surface area contributed by atoms with E-state index in [9.17, 15) is 13.2 Å². The van der Waals surface area contributed by atoms with Crippen molar-refractivity contribution in [1.29, 1.82) is 0 Å². The fourth-order valence-electron chi connectivity index (χ4n) is 4.07. The third-order valence-corrected chi connectivity index (χ3v) is 8.15. The number of hydrogen-bond acceptors (Lipinski definition) is 5. The molecule has 2 aromatic carbocycles. The minimum atomic E-state index is -3.26. The standard InChI is InChI=1S/C28H40N2O4S/c1-6-28(19-10-20-29,34-25-15-17-26(18-16-25)35(32,33)9-4)21-22(5)23-11-13-24(14-12-23)27(31)30(7-2)8-3/h11-18,21H,6-10,19-20,29H2,1-5H3/b22-21+. The first kappa shape index (κ1) is 28.6. The van der Waals surface area contributed by atoms with Gasteiger partial charge in [0.25, 0.3) is 5.91 Å². The first-order valence-electron chi connectivity index (χ1n) is 12.5. The Bertz CT molecular complexity index is 1090. The van der Waals surface area contributed by atoms with Gasteiger partial charge < -0.3 is 15.4 Å². The molecule has 0 fully saturated rings. The van der Waals surface area contributed by atoms with Crippen LogP contribution in [0.3, 0.4) is 0 Å². The molecule has 6 nitrogen and oxygen atoms in total. The van der Waals surface area contributed by atoms with Gasteiger partial charge in [-0.3, -0.25) is 4.79 Å². The molecule has 1 amide bonds. The second-order valence-electron chi connectivity index (χ2n) is 8.67. The Morgan fingerprint density at radius 3 is 2.03 bits per heavy atom. The lowest BCUT2D eigenvalue weighted by molar-refractivity contribution is 0.0773. The molecule has 1 unspecified atom stereocenters. The van der Waals surface area contributed by atoms with Crippen molar-refractivity contribution >= 4 is 21.3 Å². The van der Waals surface area contributed by atoms with Crippen molar-refractivity contribution in [3.05, 3.63) is 65.7 Å². The molecule has 0 saturated heterocycles. The topological polar surface area (TPSA) is 89.7 Å². The molecule has 0 heterocycles. The van der Waals surface area contributed by atoms with Gasteiger partial charge >= 0.3 is 0 Å². The van der Waals surface area contributed by atoms with Crippen LogP contribution >= 0.6 is 0 Å². The number of nitrogens with zero attached hydrogens (tertiary/aromatic N) is 1. The summed E-state index contributed by atoms with van der Waals surface area (Å²) in [6.45, 7) is 11.6. The molecule has 7 heteroatoms. The number of ether oxygens (including phenoxy) is 1. The highest BCUT2D eigenvalue weighted by atomic mass is 32.2. The zero-order valence-electron chi connectivity index (χ0n) is 21.7. The third kappa shape index (κ3) is 7.42. The van der Waals surface area contributed by atoms with Crippen LogP contribution in [0, 0.1) is 0 Å². The Balaban J connectivity index is 2.34. The van der Waals surface area contributed by atoms with Crippen LogP contribution in [0.5, 0.6) is 5.75 Å². The van der Waals surface area contributed by atoms with E-state index < -0.39 is 15.4 Å². The van der Waals surface area contributed by atoms with Crippen molar-refractivity contribution in [2.45, 2.75) is 64.4 Å². The molecule has 0 aliphatic heterocycles. The largest absolute Gasteiger partial charge is 0.483 e. The van der Waals surface area contributed by atoms with Crippen molar-refractivity contribution in [3.8, 4) is 5.75 Å². The highest BCUT2D eigenvalue weighted by Crippen LogP contribution is 2.31. The second kappa shape index (κ2) is 12.9. The first-order valence-corrected chi connectivity index (χ1v) is 14.1. The molecule has 0 spiro atoms. The van der Waals surface area contributed by atoms with Crippen molar-refractivity contribution in [2.24, 2.45) is 5.73 Å². The van der Waals surface area contributed by atoms with Crippen molar-refractivity contribution < 1.29 is 17.9 Å². The zero-order valence-corrected chi connectivity index (χ0v) is 22.5. The van der Waals surface area contributed by atoms with Crippen LogP contribution in [-0.2, 0) is 9.84 Å². The van der Waals surface area contributed by atoms with E-state index in [1.807, 2.05) is 45.0 Å². The highest BCUT2D eigenvalue weighted by Gasteiger charge is 2.28. The Morgan fingerprint density at radius 1 is 0.971 bits per heavy atom. The van der Waals surface area contributed by atoms with Crippen LogP contribution in [0.1, 0.15) is 69.8 Å². The number of carbonyl (C=O) groups excluding carboxylic acids is 1. The molecular formula is C28H40N2O4S. The fraction of sp³-hybridized carbons (Fsp3) is 0.464. The molecule has 2 N–H and O–H groups in total. The van der Waals surface area contributed by atoms with E-state index >= 15 is 0 Å². The average molecular weight is 501 g/mol. The van der Waals surface area contributed by atoms with E-state index in [0.29, 0.717) is 35.8 Å². The van der Waals surface area contributed by atoms with Gasteiger partial charge in [-0.05, 0) is 100 Å². The monoisotopic (exact) mass is 500 g/mol. The summed E-state index contributed by atoms with van der Waals surface area (Å²) < 4.78 is 30.8. The van der Waals surface area contributed by atoms with Crippen molar-refractivity contribution in [2.75, 3.05) is 25.4 Å². The van der Waals surface area contributed by atoms with Gasteiger partial charge in [0, 0.05) is 18.7 Å². The molecule has 0 aliphatic rings. The van der Waals surface area contributed by atoms with E-state index in [1.165, 1.54) is 0 Å². The SMILES string of the molecule is CCN(CC)C(=O)c1ccc(/C(C)=C/C(CC)(CCCN)Oc2ccc(S(=O)(=O)CC)cc2)cc1. The van der Waals surface area contributed by atoms with E-state index in [4.69, 9.17) is 10.5 Å². The lowest BCUT2D eigenvalue weighted by atomic mass is 9.89.